The third kappa shape index (κ3) is 2.43. The van der Waals surface area contributed by atoms with Crippen molar-refractivity contribution in [3.63, 3.8) is 0 Å². The molecule has 0 fully saturated rings. The summed E-state index contributed by atoms with van der Waals surface area (Å²) in [5.41, 5.74) is 1.96. The highest BCUT2D eigenvalue weighted by Crippen LogP contribution is 2.37. The molecule has 1 heterocycles. The van der Waals surface area contributed by atoms with Gasteiger partial charge in [0, 0.05) is 5.69 Å². The van der Waals surface area contributed by atoms with Gasteiger partial charge in [0.1, 0.15) is 6.54 Å². The monoisotopic (exact) mass is 257 g/mol. The molecule has 0 radical (unpaired) electrons. The van der Waals surface area contributed by atoms with Gasteiger partial charge in [0.05, 0.1) is 17.9 Å². The number of hydrogen-bond acceptors (Lipinski definition) is 3. The number of carbonyl (C=O) groups excluding carboxylic acids is 2. The minimum atomic E-state index is -0.575. The average Bonchev–Trinajstić information content (AvgIpc) is 2.59. The first-order valence-electron chi connectivity index (χ1n) is 6.03. The Kier molecular flexibility index (Phi) is 3.26. The molecule has 0 unspecified atom stereocenters. The SMILES string of the molecule is CC1(C)C(=O)Nc2ccc(CC(=O)NCC#N)cc21. The molecular weight excluding hydrogens is 242 g/mol. The van der Waals surface area contributed by atoms with Crippen molar-refractivity contribution in [2.24, 2.45) is 0 Å². The highest BCUT2D eigenvalue weighted by Gasteiger charge is 2.38. The molecule has 0 aromatic heterocycles. The zero-order chi connectivity index (χ0) is 14.0. The predicted octanol–water partition coefficient (Wildman–Crippen LogP) is 1.10. The van der Waals surface area contributed by atoms with Crippen molar-refractivity contribution < 1.29 is 9.59 Å². The predicted molar refractivity (Wildman–Crippen MR) is 70.4 cm³/mol. The minimum Gasteiger partial charge on any atom is -0.343 e. The maximum Gasteiger partial charge on any atom is 0.234 e. The van der Waals surface area contributed by atoms with Crippen LogP contribution in [0.2, 0.25) is 0 Å². The maximum absolute atomic E-state index is 11.8. The Hall–Kier alpha value is -2.35. The van der Waals surface area contributed by atoms with E-state index in [-0.39, 0.29) is 24.8 Å². The molecule has 1 aliphatic rings. The third-order valence-electron chi connectivity index (χ3n) is 3.30. The molecular formula is C14H15N3O2. The summed E-state index contributed by atoms with van der Waals surface area (Å²) in [4.78, 5) is 23.4. The van der Waals surface area contributed by atoms with E-state index >= 15 is 0 Å². The summed E-state index contributed by atoms with van der Waals surface area (Å²) in [6.45, 7) is 3.72. The van der Waals surface area contributed by atoms with Crippen LogP contribution in [0.5, 0.6) is 0 Å². The van der Waals surface area contributed by atoms with Gasteiger partial charge in [-0.3, -0.25) is 9.59 Å². The van der Waals surface area contributed by atoms with Crippen molar-refractivity contribution in [1.29, 1.82) is 5.26 Å². The number of benzene rings is 1. The molecule has 0 bridgehead atoms. The highest BCUT2D eigenvalue weighted by atomic mass is 16.2. The quantitative estimate of drug-likeness (QED) is 0.795. The molecule has 5 nitrogen and oxygen atoms in total. The van der Waals surface area contributed by atoms with Crippen LogP contribution in [-0.2, 0) is 21.4 Å². The van der Waals surface area contributed by atoms with Crippen LogP contribution >= 0.6 is 0 Å². The number of hydrogen-bond donors (Lipinski definition) is 2. The van der Waals surface area contributed by atoms with Gasteiger partial charge in [-0.15, -0.1) is 0 Å². The van der Waals surface area contributed by atoms with Gasteiger partial charge in [-0.1, -0.05) is 12.1 Å². The summed E-state index contributed by atoms with van der Waals surface area (Å²) in [5, 5.41) is 13.7. The van der Waals surface area contributed by atoms with E-state index in [0.717, 1.165) is 16.8 Å². The summed E-state index contributed by atoms with van der Waals surface area (Å²) in [6.07, 6.45) is 0.208. The lowest BCUT2D eigenvalue weighted by molar-refractivity contribution is -0.120. The van der Waals surface area contributed by atoms with Crippen LogP contribution in [0.25, 0.3) is 0 Å². The van der Waals surface area contributed by atoms with E-state index in [2.05, 4.69) is 10.6 Å². The van der Waals surface area contributed by atoms with E-state index in [1.54, 1.807) is 0 Å². The zero-order valence-corrected chi connectivity index (χ0v) is 10.9. The fourth-order valence-electron chi connectivity index (χ4n) is 2.11. The Balaban J connectivity index is 2.19. The number of carbonyl (C=O) groups is 2. The van der Waals surface area contributed by atoms with Gasteiger partial charge in [-0.25, -0.2) is 0 Å². The van der Waals surface area contributed by atoms with Crippen molar-refractivity contribution in [2.75, 3.05) is 11.9 Å². The Morgan fingerprint density at radius 3 is 2.89 bits per heavy atom. The standard InChI is InChI=1S/C14H15N3O2/c1-14(2)10-7-9(8-12(18)16-6-5-15)3-4-11(10)17-13(14)19/h3-4,7H,6,8H2,1-2H3,(H,16,18)(H,17,19). The lowest BCUT2D eigenvalue weighted by Crippen LogP contribution is -2.27. The summed E-state index contributed by atoms with van der Waals surface area (Å²) in [7, 11) is 0. The normalized spacial score (nSPS) is 15.3. The third-order valence-corrected chi connectivity index (χ3v) is 3.30. The van der Waals surface area contributed by atoms with E-state index in [9.17, 15) is 9.59 Å². The van der Waals surface area contributed by atoms with Crippen molar-refractivity contribution >= 4 is 17.5 Å². The van der Waals surface area contributed by atoms with Crippen LogP contribution in [0, 0.1) is 11.3 Å². The molecule has 1 aromatic carbocycles. The lowest BCUT2D eigenvalue weighted by Gasteiger charge is -2.15. The average molecular weight is 257 g/mol. The molecule has 0 saturated carbocycles. The highest BCUT2D eigenvalue weighted by molar-refractivity contribution is 6.05. The van der Waals surface area contributed by atoms with E-state index in [1.165, 1.54) is 0 Å². The van der Waals surface area contributed by atoms with Gasteiger partial charge < -0.3 is 10.6 Å². The Labute approximate surface area is 111 Å². The number of nitriles is 1. The van der Waals surface area contributed by atoms with E-state index in [0.29, 0.717) is 0 Å². The van der Waals surface area contributed by atoms with Gasteiger partial charge in [-0.05, 0) is 31.0 Å². The van der Waals surface area contributed by atoms with Crippen LogP contribution < -0.4 is 10.6 Å². The Morgan fingerprint density at radius 1 is 1.47 bits per heavy atom. The second kappa shape index (κ2) is 4.73. The van der Waals surface area contributed by atoms with Gasteiger partial charge in [0.25, 0.3) is 0 Å². The fourth-order valence-corrected chi connectivity index (χ4v) is 2.11. The number of rotatable bonds is 3. The molecule has 0 saturated heterocycles. The lowest BCUT2D eigenvalue weighted by atomic mass is 9.85. The van der Waals surface area contributed by atoms with E-state index in [4.69, 9.17) is 5.26 Å². The van der Waals surface area contributed by atoms with Crippen LogP contribution in [0.3, 0.4) is 0 Å². The van der Waals surface area contributed by atoms with Crippen molar-refractivity contribution in [3.05, 3.63) is 29.3 Å². The topological polar surface area (TPSA) is 82.0 Å². The molecule has 2 amide bonds. The smallest absolute Gasteiger partial charge is 0.234 e. The first-order chi connectivity index (χ1) is 8.95. The molecule has 1 aromatic rings. The van der Waals surface area contributed by atoms with Gasteiger partial charge in [0.2, 0.25) is 11.8 Å². The minimum absolute atomic E-state index is 0.00923. The maximum atomic E-state index is 11.8. The number of fused-ring (bicyclic) bond motifs is 1. The van der Waals surface area contributed by atoms with Gasteiger partial charge >= 0.3 is 0 Å². The summed E-state index contributed by atoms with van der Waals surface area (Å²) >= 11 is 0. The molecule has 0 spiro atoms. The van der Waals surface area contributed by atoms with E-state index in [1.807, 2.05) is 38.1 Å². The number of nitrogens with one attached hydrogen (secondary N) is 2. The largest absolute Gasteiger partial charge is 0.343 e. The number of nitrogens with zero attached hydrogens (tertiary/aromatic N) is 1. The Morgan fingerprint density at radius 2 is 2.21 bits per heavy atom. The molecule has 5 heteroatoms. The molecule has 0 atom stereocenters. The summed E-state index contributed by atoms with van der Waals surface area (Å²) in [6, 6.07) is 7.36. The van der Waals surface area contributed by atoms with E-state index < -0.39 is 5.41 Å². The van der Waals surface area contributed by atoms with Crippen molar-refractivity contribution in [1.82, 2.24) is 5.32 Å². The number of amides is 2. The first kappa shape index (κ1) is 13.1. The molecule has 2 N–H and O–H groups in total. The summed E-state index contributed by atoms with van der Waals surface area (Å²) in [5.74, 6) is -0.231. The molecule has 19 heavy (non-hydrogen) atoms. The van der Waals surface area contributed by atoms with Crippen LogP contribution in [0.1, 0.15) is 25.0 Å². The van der Waals surface area contributed by atoms with Crippen molar-refractivity contribution in [2.45, 2.75) is 25.7 Å². The van der Waals surface area contributed by atoms with Crippen LogP contribution in [0.15, 0.2) is 18.2 Å². The van der Waals surface area contributed by atoms with Gasteiger partial charge in [0.15, 0.2) is 0 Å². The number of anilines is 1. The van der Waals surface area contributed by atoms with Gasteiger partial charge in [-0.2, -0.15) is 5.26 Å². The second-order valence-electron chi connectivity index (χ2n) is 5.07. The molecule has 2 rings (SSSR count). The molecule has 0 aliphatic carbocycles. The summed E-state index contributed by atoms with van der Waals surface area (Å²) < 4.78 is 0. The fraction of sp³-hybridized carbons (Fsp3) is 0.357. The molecule has 1 aliphatic heterocycles. The Bertz CT molecular complexity index is 585. The zero-order valence-electron chi connectivity index (χ0n) is 10.9. The van der Waals surface area contributed by atoms with Crippen LogP contribution in [0.4, 0.5) is 5.69 Å². The second-order valence-corrected chi connectivity index (χ2v) is 5.07. The molecule has 98 valence electrons. The van der Waals surface area contributed by atoms with Crippen molar-refractivity contribution in [3.8, 4) is 6.07 Å². The first-order valence-corrected chi connectivity index (χ1v) is 6.03. The van der Waals surface area contributed by atoms with Crippen LogP contribution in [-0.4, -0.2) is 18.4 Å².